The van der Waals surface area contributed by atoms with Crippen LogP contribution in [-0.2, 0) is 0 Å². The largest absolute Gasteiger partial charge is 0.497 e. The van der Waals surface area contributed by atoms with Gasteiger partial charge in [-0.1, -0.05) is 26.0 Å². The molecule has 1 aliphatic rings. The van der Waals surface area contributed by atoms with Crippen molar-refractivity contribution in [1.29, 1.82) is 0 Å². The lowest BCUT2D eigenvalue weighted by atomic mass is 9.75. The minimum Gasteiger partial charge on any atom is -0.497 e. The van der Waals surface area contributed by atoms with E-state index in [0.29, 0.717) is 18.6 Å². The average molecular weight is 291 g/mol. The van der Waals surface area contributed by atoms with Gasteiger partial charge in [0.1, 0.15) is 5.75 Å². The van der Waals surface area contributed by atoms with Gasteiger partial charge < -0.3 is 15.2 Å². The van der Waals surface area contributed by atoms with Crippen LogP contribution >= 0.6 is 0 Å². The molecule has 1 aliphatic carbocycles. The van der Waals surface area contributed by atoms with Crippen LogP contribution in [0.1, 0.15) is 51.0 Å². The second-order valence-electron chi connectivity index (χ2n) is 7.01. The Morgan fingerprint density at radius 1 is 1.33 bits per heavy atom. The number of aliphatic hydroxyl groups is 1. The topological polar surface area (TPSA) is 41.5 Å². The van der Waals surface area contributed by atoms with E-state index < -0.39 is 0 Å². The standard InChI is InChI=1S/C18H29NO2/c1-18(2,8-5-9-20)13-19-16-10-15(11-16)14-6-4-7-17(12-14)21-3/h4,6-7,12,15-16,19-20H,5,8-11,13H2,1-3H3. The van der Waals surface area contributed by atoms with E-state index in [9.17, 15) is 0 Å². The Labute approximate surface area is 128 Å². The van der Waals surface area contributed by atoms with Gasteiger partial charge in [0, 0.05) is 19.2 Å². The van der Waals surface area contributed by atoms with Gasteiger partial charge in [0.2, 0.25) is 0 Å². The summed E-state index contributed by atoms with van der Waals surface area (Å²) in [5, 5.41) is 12.6. The van der Waals surface area contributed by atoms with Gasteiger partial charge in [-0.2, -0.15) is 0 Å². The smallest absolute Gasteiger partial charge is 0.119 e. The van der Waals surface area contributed by atoms with Crippen molar-refractivity contribution in [2.45, 2.75) is 51.5 Å². The van der Waals surface area contributed by atoms with Crippen LogP contribution in [0, 0.1) is 5.41 Å². The number of hydrogen-bond acceptors (Lipinski definition) is 3. The minimum absolute atomic E-state index is 0.268. The summed E-state index contributed by atoms with van der Waals surface area (Å²) in [6, 6.07) is 9.07. The Kier molecular flexibility index (Phi) is 5.65. The predicted octanol–water partition coefficient (Wildman–Crippen LogP) is 3.33. The van der Waals surface area contributed by atoms with Crippen LogP contribution in [0.2, 0.25) is 0 Å². The van der Waals surface area contributed by atoms with Gasteiger partial charge in [-0.15, -0.1) is 0 Å². The van der Waals surface area contributed by atoms with Crippen LogP contribution in [0.5, 0.6) is 5.75 Å². The fourth-order valence-electron chi connectivity index (χ4n) is 3.02. The molecule has 0 saturated heterocycles. The Balaban J connectivity index is 1.74. The molecule has 3 heteroatoms. The lowest BCUT2D eigenvalue weighted by molar-refractivity contribution is 0.210. The Morgan fingerprint density at radius 3 is 2.76 bits per heavy atom. The predicted molar refractivity (Wildman–Crippen MR) is 86.9 cm³/mol. The summed E-state index contributed by atoms with van der Waals surface area (Å²) in [5.41, 5.74) is 1.66. The summed E-state index contributed by atoms with van der Waals surface area (Å²) >= 11 is 0. The molecule has 0 bridgehead atoms. The molecule has 2 N–H and O–H groups in total. The van der Waals surface area contributed by atoms with Crippen LogP contribution < -0.4 is 10.1 Å². The zero-order valence-corrected chi connectivity index (χ0v) is 13.6. The van der Waals surface area contributed by atoms with Crippen LogP contribution in [0.4, 0.5) is 0 Å². The Bertz CT molecular complexity index is 439. The first-order chi connectivity index (χ1) is 10.0. The van der Waals surface area contributed by atoms with Crippen molar-refractivity contribution in [1.82, 2.24) is 5.32 Å². The second kappa shape index (κ2) is 7.28. The molecule has 21 heavy (non-hydrogen) atoms. The summed E-state index contributed by atoms with van der Waals surface area (Å²) in [5.74, 6) is 1.62. The molecule has 0 spiro atoms. The maximum Gasteiger partial charge on any atom is 0.119 e. The van der Waals surface area contributed by atoms with Crippen molar-refractivity contribution in [2.75, 3.05) is 20.3 Å². The third-order valence-corrected chi connectivity index (χ3v) is 4.58. The third kappa shape index (κ3) is 4.72. The van der Waals surface area contributed by atoms with E-state index in [2.05, 4.69) is 37.4 Å². The first-order valence-corrected chi connectivity index (χ1v) is 8.02. The quantitative estimate of drug-likeness (QED) is 0.772. The van der Waals surface area contributed by atoms with E-state index in [1.807, 2.05) is 6.07 Å². The van der Waals surface area contributed by atoms with E-state index in [-0.39, 0.29) is 5.41 Å². The highest BCUT2D eigenvalue weighted by atomic mass is 16.5. The second-order valence-corrected chi connectivity index (χ2v) is 7.01. The molecule has 2 rings (SSSR count). The molecule has 0 aromatic heterocycles. The maximum atomic E-state index is 8.94. The fraction of sp³-hybridized carbons (Fsp3) is 0.667. The molecule has 0 amide bonds. The molecule has 0 aliphatic heterocycles. The molecule has 3 nitrogen and oxygen atoms in total. The summed E-state index contributed by atoms with van der Waals surface area (Å²) in [4.78, 5) is 0. The van der Waals surface area contributed by atoms with Gasteiger partial charge in [0.25, 0.3) is 0 Å². The number of nitrogens with one attached hydrogen (secondary N) is 1. The molecule has 1 fully saturated rings. The molecule has 0 heterocycles. The number of rotatable bonds is 8. The number of hydrogen-bond donors (Lipinski definition) is 2. The average Bonchev–Trinajstić information content (AvgIpc) is 2.43. The normalized spacial score (nSPS) is 21.9. The van der Waals surface area contributed by atoms with Crippen LogP contribution in [0.3, 0.4) is 0 Å². The van der Waals surface area contributed by atoms with Crippen molar-refractivity contribution in [3.63, 3.8) is 0 Å². The van der Waals surface area contributed by atoms with Gasteiger partial charge in [-0.25, -0.2) is 0 Å². The number of aliphatic hydroxyl groups excluding tert-OH is 1. The number of methoxy groups -OCH3 is 1. The van der Waals surface area contributed by atoms with Gasteiger partial charge in [0.15, 0.2) is 0 Å². The van der Waals surface area contributed by atoms with Gasteiger partial charge in [-0.3, -0.25) is 0 Å². The van der Waals surface area contributed by atoms with Crippen molar-refractivity contribution in [2.24, 2.45) is 5.41 Å². The van der Waals surface area contributed by atoms with Gasteiger partial charge in [-0.05, 0) is 54.7 Å². The van der Waals surface area contributed by atoms with E-state index in [1.165, 1.54) is 18.4 Å². The molecule has 1 saturated carbocycles. The van der Waals surface area contributed by atoms with Crippen LogP contribution in [-0.4, -0.2) is 31.4 Å². The highest BCUT2D eigenvalue weighted by Crippen LogP contribution is 2.38. The Morgan fingerprint density at radius 2 is 2.10 bits per heavy atom. The zero-order chi connectivity index (χ0) is 15.3. The SMILES string of the molecule is COc1cccc(C2CC(NCC(C)(C)CCCO)C2)c1. The molecule has 0 unspecified atom stereocenters. The first kappa shape index (κ1) is 16.3. The fourth-order valence-corrected chi connectivity index (χ4v) is 3.02. The molecule has 0 radical (unpaired) electrons. The van der Waals surface area contributed by atoms with E-state index in [0.717, 1.165) is 25.1 Å². The molecular formula is C18H29NO2. The first-order valence-electron chi connectivity index (χ1n) is 8.02. The maximum absolute atomic E-state index is 8.94. The molecule has 1 aromatic rings. The number of benzene rings is 1. The summed E-state index contributed by atoms with van der Waals surface area (Å²) in [7, 11) is 1.72. The lowest BCUT2D eigenvalue weighted by Gasteiger charge is -2.38. The van der Waals surface area contributed by atoms with Crippen molar-refractivity contribution >= 4 is 0 Å². The van der Waals surface area contributed by atoms with E-state index in [4.69, 9.17) is 9.84 Å². The third-order valence-electron chi connectivity index (χ3n) is 4.58. The van der Waals surface area contributed by atoms with Crippen LogP contribution in [0.15, 0.2) is 24.3 Å². The van der Waals surface area contributed by atoms with Crippen LogP contribution in [0.25, 0.3) is 0 Å². The van der Waals surface area contributed by atoms with E-state index >= 15 is 0 Å². The monoisotopic (exact) mass is 291 g/mol. The summed E-state index contributed by atoms with van der Waals surface area (Å²) in [6.07, 6.45) is 4.39. The lowest BCUT2D eigenvalue weighted by Crippen LogP contribution is -2.44. The molecule has 1 aromatic carbocycles. The number of ether oxygens (including phenoxy) is 1. The Hall–Kier alpha value is -1.06. The molecule has 118 valence electrons. The zero-order valence-electron chi connectivity index (χ0n) is 13.6. The van der Waals surface area contributed by atoms with Crippen molar-refractivity contribution in [3.8, 4) is 5.75 Å². The molecule has 0 atom stereocenters. The highest BCUT2D eigenvalue weighted by Gasteiger charge is 2.31. The van der Waals surface area contributed by atoms with Crippen molar-refractivity contribution < 1.29 is 9.84 Å². The minimum atomic E-state index is 0.268. The molecular weight excluding hydrogens is 262 g/mol. The van der Waals surface area contributed by atoms with Gasteiger partial charge >= 0.3 is 0 Å². The van der Waals surface area contributed by atoms with Gasteiger partial charge in [0.05, 0.1) is 7.11 Å². The van der Waals surface area contributed by atoms with Crippen molar-refractivity contribution in [3.05, 3.63) is 29.8 Å². The summed E-state index contributed by atoms with van der Waals surface area (Å²) < 4.78 is 5.29. The summed E-state index contributed by atoms with van der Waals surface area (Å²) in [6.45, 7) is 5.87. The van der Waals surface area contributed by atoms with E-state index in [1.54, 1.807) is 7.11 Å². The highest BCUT2D eigenvalue weighted by molar-refractivity contribution is 5.32.